The summed E-state index contributed by atoms with van der Waals surface area (Å²) in [7, 11) is 0. The molecule has 0 amide bonds. The highest BCUT2D eigenvalue weighted by Crippen LogP contribution is 2.26. The van der Waals surface area contributed by atoms with Gasteiger partial charge in [0.2, 0.25) is 0 Å². The van der Waals surface area contributed by atoms with Gasteiger partial charge in [0.05, 0.1) is 5.52 Å². The lowest BCUT2D eigenvalue weighted by atomic mass is 10.2. The van der Waals surface area contributed by atoms with E-state index in [1.54, 1.807) is 16.7 Å². The SMILES string of the molecule is Cc1ccc2cc(C(=O)n3c(C)cc4cc(N)ccc43)oc2c1. The maximum Gasteiger partial charge on any atom is 0.298 e. The van der Waals surface area contributed by atoms with Crippen LogP contribution in [0.5, 0.6) is 0 Å². The summed E-state index contributed by atoms with van der Waals surface area (Å²) in [5.74, 6) is 0.166. The van der Waals surface area contributed by atoms with Crippen LogP contribution in [0.1, 0.15) is 21.8 Å². The lowest BCUT2D eigenvalue weighted by Gasteiger charge is -2.04. The summed E-state index contributed by atoms with van der Waals surface area (Å²) >= 11 is 0. The summed E-state index contributed by atoms with van der Waals surface area (Å²) in [4.78, 5) is 12.9. The van der Waals surface area contributed by atoms with Crippen LogP contribution in [-0.2, 0) is 0 Å². The monoisotopic (exact) mass is 304 g/mol. The number of nitrogens with zero attached hydrogens (tertiary/aromatic N) is 1. The molecule has 0 bridgehead atoms. The van der Waals surface area contributed by atoms with Gasteiger partial charge in [-0.1, -0.05) is 12.1 Å². The van der Waals surface area contributed by atoms with E-state index >= 15 is 0 Å². The molecule has 2 heterocycles. The van der Waals surface area contributed by atoms with Crippen molar-refractivity contribution < 1.29 is 9.21 Å². The first kappa shape index (κ1) is 13.6. The van der Waals surface area contributed by atoms with Crippen molar-refractivity contribution in [2.24, 2.45) is 0 Å². The molecule has 4 rings (SSSR count). The zero-order chi connectivity index (χ0) is 16.1. The molecule has 0 saturated carbocycles. The molecule has 4 heteroatoms. The Morgan fingerprint density at radius 3 is 2.65 bits per heavy atom. The van der Waals surface area contributed by atoms with Crippen molar-refractivity contribution in [3.63, 3.8) is 0 Å². The smallest absolute Gasteiger partial charge is 0.298 e. The molecule has 0 aliphatic carbocycles. The highest BCUT2D eigenvalue weighted by molar-refractivity contribution is 6.03. The number of hydrogen-bond acceptors (Lipinski definition) is 3. The first-order valence-corrected chi connectivity index (χ1v) is 7.45. The number of carbonyl (C=O) groups is 1. The third kappa shape index (κ3) is 2.11. The minimum atomic E-state index is -0.170. The van der Waals surface area contributed by atoms with E-state index in [1.807, 2.05) is 50.2 Å². The second-order valence-electron chi connectivity index (χ2n) is 5.90. The van der Waals surface area contributed by atoms with Crippen LogP contribution in [0, 0.1) is 13.8 Å². The average Bonchev–Trinajstić information content (AvgIpc) is 3.05. The Labute approximate surface area is 133 Å². The van der Waals surface area contributed by atoms with Gasteiger partial charge in [-0.25, -0.2) is 0 Å². The van der Waals surface area contributed by atoms with Crippen LogP contribution in [-0.4, -0.2) is 10.5 Å². The number of fused-ring (bicyclic) bond motifs is 2. The molecule has 0 atom stereocenters. The molecular weight excluding hydrogens is 288 g/mol. The van der Waals surface area contributed by atoms with E-state index in [0.717, 1.165) is 33.1 Å². The van der Waals surface area contributed by atoms with Gasteiger partial charge in [-0.15, -0.1) is 0 Å². The Bertz CT molecular complexity index is 1070. The first-order valence-electron chi connectivity index (χ1n) is 7.45. The zero-order valence-corrected chi connectivity index (χ0v) is 13.0. The fourth-order valence-electron chi connectivity index (χ4n) is 3.00. The third-order valence-electron chi connectivity index (χ3n) is 4.10. The molecule has 114 valence electrons. The van der Waals surface area contributed by atoms with Gasteiger partial charge in [0.15, 0.2) is 5.76 Å². The average molecular weight is 304 g/mol. The molecule has 0 unspecified atom stereocenters. The van der Waals surface area contributed by atoms with Gasteiger partial charge < -0.3 is 10.2 Å². The molecule has 4 nitrogen and oxygen atoms in total. The number of aryl methyl sites for hydroxylation is 2. The number of carbonyl (C=O) groups excluding carboxylic acids is 1. The van der Waals surface area contributed by atoms with Crippen molar-refractivity contribution in [3.8, 4) is 0 Å². The number of nitrogen functional groups attached to an aromatic ring is 1. The summed E-state index contributed by atoms with van der Waals surface area (Å²) in [6, 6.07) is 15.2. The lowest BCUT2D eigenvalue weighted by Crippen LogP contribution is -2.12. The molecule has 2 aromatic heterocycles. The normalized spacial score (nSPS) is 11.4. The molecular formula is C19H16N2O2. The van der Waals surface area contributed by atoms with Crippen LogP contribution in [0.15, 0.2) is 52.9 Å². The zero-order valence-electron chi connectivity index (χ0n) is 13.0. The van der Waals surface area contributed by atoms with E-state index in [0.29, 0.717) is 11.4 Å². The summed E-state index contributed by atoms with van der Waals surface area (Å²) < 4.78 is 7.43. The number of nitrogens with two attached hydrogens (primary N) is 1. The molecule has 0 spiro atoms. The minimum absolute atomic E-state index is 0.170. The molecule has 0 aliphatic rings. The molecule has 0 radical (unpaired) electrons. The highest BCUT2D eigenvalue weighted by Gasteiger charge is 2.18. The molecule has 0 saturated heterocycles. The number of hydrogen-bond donors (Lipinski definition) is 1. The maximum absolute atomic E-state index is 12.9. The quantitative estimate of drug-likeness (QED) is 0.534. The third-order valence-corrected chi connectivity index (χ3v) is 4.10. The number of aromatic nitrogens is 1. The molecule has 23 heavy (non-hydrogen) atoms. The van der Waals surface area contributed by atoms with Gasteiger partial charge in [-0.05, 0) is 55.8 Å². The van der Waals surface area contributed by atoms with Crippen molar-refractivity contribution in [3.05, 3.63) is 65.5 Å². The Hall–Kier alpha value is -3.01. The Balaban J connectivity index is 1.89. The van der Waals surface area contributed by atoms with Gasteiger partial charge in [0.25, 0.3) is 5.91 Å². The van der Waals surface area contributed by atoms with Gasteiger partial charge in [-0.3, -0.25) is 9.36 Å². The fourth-order valence-corrected chi connectivity index (χ4v) is 3.00. The van der Waals surface area contributed by atoms with Crippen molar-refractivity contribution in [1.82, 2.24) is 4.57 Å². The summed E-state index contributed by atoms with van der Waals surface area (Å²) in [5, 5.41) is 1.88. The van der Waals surface area contributed by atoms with Crippen LogP contribution >= 0.6 is 0 Å². The highest BCUT2D eigenvalue weighted by atomic mass is 16.3. The largest absolute Gasteiger partial charge is 0.451 e. The Kier molecular flexibility index (Phi) is 2.81. The topological polar surface area (TPSA) is 61.2 Å². The standard InChI is InChI=1S/C19H16N2O2/c1-11-3-4-13-10-18(23-17(13)7-11)19(22)21-12(2)8-14-9-15(20)5-6-16(14)21/h3-10H,20H2,1-2H3. The lowest BCUT2D eigenvalue weighted by molar-refractivity contribution is 0.0938. The molecule has 4 aromatic rings. The maximum atomic E-state index is 12.9. The van der Waals surface area contributed by atoms with Gasteiger partial charge in [-0.2, -0.15) is 0 Å². The predicted octanol–water partition coefficient (Wildman–Crippen LogP) is 4.28. The van der Waals surface area contributed by atoms with E-state index in [1.165, 1.54) is 0 Å². The van der Waals surface area contributed by atoms with Crippen molar-refractivity contribution >= 4 is 33.5 Å². The van der Waals surface area contributed by atoms with E-state index in [2.05, 4.69) is 0 Å². The number of furan rings is 1. The van der Waals surface area contributed by atoms with Crippen LogP contribution in [0.2, 0.25) is 0 Å². The number of rotatable bonds is 1. The molecule has 0 fully saturated rings. The predicted molar refractivity (Wildman–Crippen MR) is 91.8 cm³/mol. The minimum Gasteiger partial charge on any atom is -0.451 e. The Morgan fingerprint density at radius 1 is 1.00 bits per heavy atom. The van der Waals surface area contributed by atoms with Crippen LogP contribution in [0.25, 0.3) is 21.9 Å². The van der Waals surface area contributed by atoms with E-state index in [9.17, 15) is 4.79 Å². The number of anilines is 1. The van der Waals surface area contributed by atoms with Gasteiger partial charge >= 0.3 is 0 Å². The van der Waals surface area contributed by atoms with Gasteiger partial charge in [0.1, 0.15) is 5.58 Å². The second-order valence-corrected chi connectivity index (χ2v) is 5.90. The van der Waals surface area contributed by atoms with Crippen molar-refractivity contribution in [1.29, 1.82) is 0 Å². The molecule has 0 aliphatic heterocycles. The van der Waals surface area contributed by atoms with E-state index < -0.39 is 0 Å². The summed E-state index contributed by atoms with van der Waals surface area (Å²) in [5.41, 5.74) is 10.0. The second kappa shape index (κ2) is 4.74. The number of benzene rings is 2. The van der Waals surface area contributed by atoms with Crippen LogP contribution in [0.3, 0.4) is 0 Å². The van der Waals surface area contributed by atoms with Crippen molar-refractivity contribution in [2.45, 2.75) is 13.8 Å². The van der Waals surface area contributed by atoms with Crippen LogP contribution in [0.4, 0.5) is 5.69 Å². The van der Waals surface area contributed by atoms with Crippen LogP contribution < -0.4 is 5.73 Å². The fraction of sp³-hybridized carbons (Fsp3) is 0.105. The molecule has 2 aromatic carbocycles. The summed E-state index contributed by atoms with van der Waals surface area (Å²) in [6.07, 6.45) is 0. The van der Waals surface area contributed by atoms with Crippen molar-refractivity contribution in [2.75, 3.05) is 5.73 Å². The Morgan fingerprint density at radius 2 is 1.83 bits per heavy atom. The van der Waals surface area contributed by atoms with E-state index in [-0.39, 0.29) is 5.91 Å². The van der Waals surface area contributed by atoms with Gasteiger partial charge in [0, 0.05) is 22.2 Å². The van der Waals surface area contributed by atoms with E-state index in [4.69, 9.17) is 10.2 Å². The first-order chi connectivity index (χ1) is 11.0. The molecule has 2 N–H and O–H groups in total. The summed E-state index contributed by atoms with van der Waals surface area (Å²) in [6.45, 7) is 3.90.